The van der Waals surface area contributed by atoms with Gasteiger partial charge in [-0.2, -0.15) is 0 Å². The zero-order valence-corrected chi connectivity index (χ0v) is 24.4. The van der Waals surface area contributed by atoms with Crippen LogP contribution in [0.4, 0.5) is 10.5 Å². The van der Waals surface area contributed by atoms with Crippen LogP contribution < -0.4 is 0 Å². The van der Waals surface area contributed by atoms with Crippen molar-refractivity contribution in [3.05, 3.63) is 58.7 Å². The highest BCUT2D eigenvalue weighted by Gasteiger charge is 2.36. The normalized spacial score (nSPS) is 12.3. The Balaban J connectivity index is 2.53. The summed E-state index contributed by atoms with van der Waals surface area (Å²) in [6.45, 7) is 7.03. The van der Waals surface area contributed by atoms with Crippen molar-refractivity contribution in [2.45, 2.75) is 115 Å². The van der Waals surface area contributed by atoms with Crippen LogP contribution in [0.1, 0.15) is 105 Å². The molecule has 38 heavy (non-hydrogen) atoms. The second kappa shape index (κ2) is 17.8. The number of nitro groups is 1. The summed E-state index contributed by atoms with van der Waals surface area (Å²) in [6.07, 6.45) is 20.2. The number of benzene rings is 1. The molecule has 9 heteroatoms. The number of nitrogens with zero attached hydrogens (tertiary/aromatic N) is 2. The molecule has 0 heterocycles. The Labute approximate surface area is 229 Å². The number of hydrogen-bond donors (Lipinski definition) is 0. The molecule has 0 saturated heterocycles. The van der Waals surface area contributed by atoms with Crippen LogP contribution in [0, 0.1) is 10.1 Å². The fraction of sp³-hybridized carbons (Fsp3) is 0.621. The first-order valence-corrected chi connectivity index (χ1v) is 15.2. The van der Waals surface area contributed by atoms with Crippen LogP contribution in [0.5, 0.6) is 0 Å². The summed E-state index contributed by atoms with van der Waals surface area (Å²) in [6, 6.07) is 5.04. The molecule has 1 rings (SSSR count). The smallest absolute Gasteiger partial charge is 0.424 e. The Morgan fingerprint density at radius 2 is 1.47 bits per heavy atom. The van der Waals surface area contributed by atoms with Crippen LogP contribution in [0.2, 0.25) is 0 Å². The first-order valence-electron chi connectivity index (χ1n) is 13.8. The topological polar surface area (TPSA) is 107 Å². The van der Waals surface area contributed by atoms with E-state index in [1.54, 1.807) is 20.8 Å². The molecule has 1 amide bonds. The van der Waals surface area contributed by atoms with E-state index in [-0.39, 0.29) is 6.54 Å². The minimum absolute atomic E-state index is 0.0992. The Morgan fingerprint density at radius 1 is 0.921 bits per heavy atom. The number of unbranched alkanes of at least 4 members (excludes halogenated alkanes) is 9. The second-order valence-electron chi connectivity index (χ2n) is 10.4. The first kappa shape index (κ1) is 33.3. The number of amides is 1. The van der Waals surface area contributed by atoms with Crippen LogP contribution >= 0.6 is 0 Å². The van der Waals surface area contributed by atoms with E-state index in [9.17, 15) is 23.3 Å². The summed E-state index contributed by atoms with van der Waals surface area (Å²) < 4.78 is 32.5. The number of nitro benzene ring substituents is 1. The summed E-state index contributed by atoms with van der Waals surface area (Å²) in [5.74, 6) is 0. The molecule has 0 spiro atoms. The van der Waals surface area contributed by atoms with Gasteiger partial charge in [0.2, 0.25) is 0 Å². The lowest BCUT2D eigenvalue weighted by molar-refractivity contribution is -0.387. The zero-order chi connectivity index (χ0) is 28.4. The highest BCUT2D eigenvalue weighted by molar-refractivity contribution is 7.89. The Morgan fingerprint density at radius 3 is 2.05 bits per heavy atom. The predicted octanol–water partition coefficient (Wildman–Crippen LogP) is 8.33. The van der Waals surface area contributed by atoms with Gasteiger partial charge in [0.25, 0.3) is 15.7 Å². The van der Waals surface area contributed by atoms with Crippen molar-refractivity contribution in [1.29, 1.82) is 0 Å². The molecule has 0 atom stereocenters. The summed E-state index contributed by atoms with van der Waals surface area (Å²) in [7, 11) is -4.46. The molecule has 0 aliphatic carbocycles. The Kier molecular flexibility index (Phi) is 15.6. The van der Waals surface area contributed by atoms with E-state index in [4.69, 9.17) is 4.74 Å². The molecule has 1 aromatic rings. The van der Waals surface area contributed by atoms with E-state index < -0.39 is 37.2 Å². The third kappa shape index (κ3) is 13.2. The minimum Gasteiger partial charge on any atom is -0.443 e. The number of sulfonamides is 1. The van der Waals surface area contributed by atoms with Crippen molar-refractivity contribution in [2.24, 2.45) is 0 Å². The van der Waals surface area contributed by atoms with Gasteiger partial charge in [0.15, 0.2) is 4.90 Å². The molecule has 0 radical (unpaired) electrons. The second-order valence-corrected chi connectivity index (χ2v) is 12.2. The molecule has 0 unspecified atom stereocenters. The van der Waals surface area contributed by atoms with Gasteiger partial charge in [-0.1, -0.05) is 81.9 Å². The molecule has 214 valence electrons. The van der Waals surface area contributed by atoms with E-state index in [0.717, 1.165) is 63.5 Å². The van der Waals surface area contributed by atoms with Gasteiger partial charge in [0, 0.05) is 12.6 Å². The minimum atomic E-state index is -4.46. The predicted molar refractivity (Wildman–Crippen MR) is 153 cm³/mol. The maximum absolute atomic E-state index is 13.3. The van der Waals surface area contributed by atoms with Crippen molar-refractivity contribution in [1.82, 2.24) is 4.31 Å². The van der Waals surface area contributed by atoms with Crippen molar-refractivity contribution >= 4 is 21.8 Å². The maximum Gasteiger partial charge on any atom is 0.424 e. The molecular weight excluding hydrogens is 504 g/mol. The van der Waals surface area contributed by atoms with E-state index in [0.29, 0.717) is 10.7 Å². The maximum atomic E-state index is 13.3. The SMILES string of the molecule is CCCCC/C=C\C/C=C\CCCCCCCCN(C(=O)OC(C)(C)C)S(=O)(=O)c1ccccc1[N+](=O)[O-]. The quantitative estimate of drug-likeness (QED) is 0.0787. The Hall–Kier alpha value is -2.68. The number of rotatable bonds is 18. The molecule has 0 fully saturated rings. The third-order valence-corrected chi connectivity index (χ3v) is 7.60. The average Bonchev–Trinajstić information content (AvgIpc) is 2.84. The standard InChI is InChI=1S/C29H46N2O6S/c1-5-6-7-8-9-10-11-12-13-14-15-16-17-18-19-22-25-30(28(32)37-29(2,3)4)38(35,36)27-24-21-20-23-26(27)31(33)34/h9-10,12-13,20-21,23-24H,5-8,11,14-19,22,25H2,1-4H3/b10-9-,13-12-. The molecule has 8 nitrogen and oxygen atoms in total. The summed E-state index contributed by atoms with van der Waals surface area (Å²) in [5, 5.41) is 11.4. The lowest BCUT2D eigenvalue weighted by Gasteiger charge is -2.27. The third-order valence-electron chi connectivity index (χ3n) is 5.79. The van der Waals surface area contributed by atoms with Crippen molar-refractivity contribution in [3.63, 3.8) is 0 Å². The van der Waals surface area contributed by atoms with Gasteiger partial charge in [-0.05, 0) is 65.4 Å². The monoisotopic (exact) mass is 550 g/mol. The molecule has 0 aliphatic heterocycles. The molecule has 1 aromatic carbocycles. The van der Waals surface area contributed by atoms with Crippen LogP contribution in [0.25, 0.3) is 0 Å². The average molecular weight is 551 g/mol. The highest BCUT2D eigenvalue weighted by atomic mass is 32.2. The van der Waals surface area contributed by atoms with E-state index in [1.165, 1.54) is 31.4 Å². The fourth-order valence-corrected chi connectivity index (χ4v) is 5.31. The van der Waals surface area contributed by atoms with Gasteiger partial charge in [-0.3, -0.25) is 10.1 Å². The number of hydrogen-bond acceptors (Lipinski definition) is 6. The lowest BCUT2D eigenvalue weighted by Crippen LogP contribution is -2.41. The van der Waals surface area contributed by atoms with Gasteiger partial charge >= 0.3 is 6.09 Å². The lowest BCUT2D eigenvalue weighted by atomic mass is 10.1. The molecule has 0 N–H and O–H groups in total. The van der Waals surface area contributed by atoms with Crippen molar-refractivity contribution in [3.8, 4) is 0 Å². The largest absolute Gasteiger partial charge is 0.443 e. The molecule has 0 aliphatic rings. The number of allylic oxidation sites excluding steroid dienone is 4. The number of carbonyl (C=O) groups excluding carboxylic acids is 1. The van der Waals surface area contributed by atoms with Crippen molar-refractivity contribution < 1.29 is 22.9 Å². The van der Waals surface area contributed by atoms with E-state index >= 15 is 0 Å². The first-order chi connectivity index (χ1) is 18.0. The fourth-order valence-electron chi connectivity index (χ4n) is 3.81. The van der Waals surface area contributed by atoms with Gasteiger partial charge < -0.3 is 4.74 Å². The van der Waals surface area contributed by atoms with Gasteiger partial charge in [-0.15, -0.1) is 0 Å². The van der Waals surface area contributed by atoms with E-state index in [2.05, 4.69) is 31.2 Å². The van der Waals surface area contributed by atoms with Crippen LogP contribution in [-0.2, 0) is 14.8 Å². The number of carbonyl (C=O) groups is 1. The summed E-state index contributed by atoms with van der Waals surface area (Å²) in [5.41, 5.74) is -1.48. The molecule has 0 aromatic heterocycles. The molecule has 0 saturated carbocycles. The van der Waals surface area contributed by atoms with Gasteiger partial charge in [-0.25, -0.2) is 17.5 Å². The molecular formula is C29H46N2O6S. The summed E-state index contributed by atoms with van der Waals surface area (Å²) in [4.78, 5) is 22.9. The molecule has 0 bridgehead atoms. The van der Waals surface area contributed by atoms with Crippen LogP contribution in [0.3, 0.4) is 0 Å². The number of para-hydroxylation sites is 1. The highest BCUT2D eigenvalue weighted by Crippen LogP contribution is 2.28. The van der Waals surface area contributed by atoms with Gasteiger partial charge in [0.05, 0.1) is 4.92 Å². The van der Waals surface area contributed by atoms with E-state index in [1.807, 2.05) is 0 Å². The Bertz CT molecular complexity index is 1010. The van der Waals surface area contributed by atoms with Gasteiger partial charge in [0.1, 0.15) is 5.60 Å². The van der Waals surface area contributed by atoms with Crippen LogP contribution in [-0.4, -0.2) is 35.9 Å². The summed E-state index contributed by atoms with van der Waals surface area (Å²) >= 11 is 0. The van der Waals surface area contributed by atoms with Crippen molar-refractivity contribution in [2.75, 3.05) is 6.54 Å². The number of ether oxygens (including phenoxy) is 1. The van der Waals surface area contributed by atoms with Crippen LogP contribution in [0.15, 0.2) is 53.5 Å². The zero-order valence-electron chi connectivity index (χ0n) is 23.6.